The van der Waals surface area contributed by atoms with Crippen LogP contribution in [0, 0.1) is 0 Å². The van der Waals surface area contributed by atoms with E-state index in [0.29, 0.717) is 0 Å². The van der Waals surface area contributed by atoms with Crippen molar-refractivity contribution in [3.63, 3.8) is 0 Å². The SMILES string of the molecule is OCCC[C@H](OC1=C(O)C(O)[C@H](O)C(CO)O1)[C@H](O)CO. The van der Waals surface area contributed by atoms with E-state index in [1.54, 1.807) is 0 Å². The number of rotatable bonds is 8. The predicted octanol–water partition coefficient (Wildman–Crippen LogP) is -2.66. The fraction of sp³-hybridized carbons (Fsp3) is 0.833. The van der Waals surface area contributed by atoms with Crippen molar-refractivity contribution in [1.29, 1.82) is 0 Å². The van der Waals surface area contributed by atoms with Gasteiger partial charge in [-0.15, -0.1) is 0 Å². The molecule has 0 fully saturated rings. The Balaban J connectivity index is 2.85. The molecule has 9 heteroatoms. The molecule has 1 rings (SSSR count). The zero-order valence-corrected chi connectivity index (χ0v) is 11.4. The minimum absolute atomic E-state index is 0.154. The molecule has 0 bridgehead atoms. The molecule has 1 heterocycles. The summed E-state index contributed by atoms with van der Waals surface area (Å²) in [6.07, 6.45) is -6.30. The molecule has 1 aliphatic rings. The van der Waals surface area contributed by atoms with Gasteiger partial charge in [-0.3, -0.25) is 0 Å². The lowest BCUT2D eigenvalue weighted by Gasteiger charge is -2.34. The quantitative estimate of drug-likeness (QED) is 0.254. The van der Waals surface area contributed by atoms with Crippen LogP contribution in [0.3, 0.4) is 0 Å². The first-order valence-electron chi connectivity index (χ1n) is 6.59. The zero-order valence-electron chi connectivity index (χ0n) is 11.4. The van der Waals surface area contributed by atoms with Crippen molar-refractivity contribution >= 4 is 0 Å². The third-order valence-corrected chi connectivity index (χ3v) is 3.15. The monoisotopic (exact) mass is 310 g/mol. The van der Waals surface area contributed by atoms with Crippen LogP contribution in [-0.2, 0) is 9.47 Å². The Hall–Kier alpha value is -1.10. The largest absolute Gasteiger partial charge is 0.504 e. The zero-order chi connectivity index (χ0) is 16.0. The minimum atomic E-state index is -1.70. The Morgan fingerprint density at radius 3 is 2.38 bits per heavy atom. The van der Waals surface area contributed by atoms with E-state index in [9.17, 15) is 20.4 Å². The molecule has 2 unspecified atom stereocenters. The van der Waals surface area contributed by atoms with Gasteiger partial charge < -0.3 is 45.2 Å². The van der Waals surface area contributed by atoms with Crippen molar-refractivity contribution in [2.24, 2.45) is 0 Å². The molecule has 9 nitrogen and oxygen atoms in total. The molecule has 21 heavy (non-hydrogen) atoms. The first-order valence-corrected chi connectivity index (χ1v) is 6.59. The number of aliphatic hydroxyl groups is 7. The fourth-order valence-electron chi connectivity index (χ4n) is 1.86. The molecule has 0 aromatic rings. The molecule has 1 aliphatic heterocycles. The van der Waals surface area contributed by atoms with Gasteiger partial charge in [-0.05, 0) is 12.8 Å². The lowest BCUT2D eigenvalue weighted by Crippen LogP contribution is -2.47. The van der Waals surface area contributed by atoms with Gasteiger partial charge in [0.1, 0.15) is 24.4 Å². The van der Waals surface area contributed by atoms with Crippen LogP contribution < -0.4 is 0 Å². The summed E-state index contributed by atoms with van der Waals surface area (Å²) >= 11 is 0. The summed E-state index contributed by atoms with van der Waals surface area (Å²) in [7, 11) is 0. The van der Waals surface area contributed by atoms with Gasteiger partial charge in [0.2, 0.25) is 5.76 Å². The maximum absolute atomic E-state index is 9.69. The normalized spacial score (nSPS) is 29.0. The molecule has 0 spiro atoms. The van der Waals surface area contributed by atoms with Gasteiger partial charge >= 0.3 is 5.95 Å². The van der Waals surface area contributed by atoms with Crippen LogP contribution >= 0.6 is 0 Å². The van der Waals surface area contributed by atoms with Crippen LogP contribution in [0.15, 0.2) is 11.7 Å². The molecule has 0 amide bonds. The van der Waals surface area contributed by atoms with Crippen molar-refractivity contribution in [2.75, 3.05) is 19.8 Å². The molecular weight excluding hydrogens is 288 g/mol. The third kappa shape index (κ3) is 4.43. The number of hydrogen-bond donors (Lipinski definition) is 7. The summed E-state index contributed by atoms with van der Waals surface area (Å²) in [5.74, 6) is -1.31. The van der Waals surface area contributed by atoms with Crippen molar-refractivity contribution in [1.82, 2.24) is 0 Å². The van der Waals surface area contributed by atoms with Crippen LogP contribution in [0.5, 0.6) is 0 Å². The van der Waals surface area contributed by atoms with Gasteiger partial charge in [-0.1, -0.05) is 0 Å². The van der Waals surface area contributed by atoms with Crippen molar-refractivity contribution < 1.29 is 45.2 Å². The van der Waals surface area contributed by atoms with Gasteiger partial charge in [0, 0.05) is 6.61 Å². The lowest BCUT2D eigenvalue weighted by molar-refractivity contribution is -0.168. The predicted molar refractivity (Wildman–Crippen MR) is 67.9 cm³/mol. The molecule has 0 aromatic heterocycles. The average Bonchev–Trinajstić information content (AvgIpc) is 2.50. The van der Waals surface area contributed by atoms with E-state index in [1.807, 2.05) is 0 Å². The smallest absolute Gasteiger partial charge is 0.322 e. The highest BCUT2D eigenvalue weighted by Gasteiger charge is 2.40. The Morgan fingerprint density at radius 2 is 1.86 bits per heavy atom. The Labute approximate surface area is 121 Å². The second-order valence-electron chi connectivity index (χ2n) is 4.72. The Morgan fingerprint density at radius 1 is 1.19 bits per heavy atom. The van der Waals surface area contributed by atoms with Crippen LogP contribution in [0.1, 0.15) is 12.8 Å². The van der Waals surface area contributed by atoms with Gasteiger partial charge in [-0.25, -0.2) is 0 Å². The number of hydrogen-bond acceptors (Lipinski definition) is 9. The molecular formula is C12H22O9. The molecule has 0 saturated heterocycles. The molecule has 7 N–H and O–H groups in total. The van der Waals surface area contributed by atoms with E-state index in [2.05, 4.69) is 0 Å². The average molecular weight is 310 g/mol. The maximum atomic E-state index is 9.69. The van der Waals surface area contributed by atoms with E-state index < -0.39 is 55.4 Å². The second kappa shape index (κ2) is 8.37. The van der Waals surface area contributed by atoms with Crippen molar-refractivity contribution in [3.05, 3.63) is 11.7 Å². The van der Waals surface area contributed by atoms with E-state index in [1.165, 1.54) is 0 Å². The van der Waals surface area contributed by atoms with E-state index >= 15 is 0 Å². The van der Waals surface area contributed by atoms with E-state index in [4.69, 9.17) is 24.8 Å². The molecule has 5 atom stereocenters. The standard InChI is InChI=1S/C12H22O9/c13-3-1-2-7(6(16)4-14)20-12-11(19)10(18)9(17)8(5-15)21-12/h6-10,13-19H,1-5H2/t6-,7+,8?,9-,10?/m1/s1. The first kappa shape index (κ1) is 18.0. The van der Waals surface area contributed by atoms with Crippen molar-refractivity contribution in [3.8, 4) is 0 Å². The number of aliphatic hydroxyl groups excluding tert-OH is 7. The molecule has 124 valence electrons. The van der Waals surface area contributed by atoms with Crippen LogP contribution in [0.2, 0.25) is 0 Å². The molecule has 0 aliphatic carbocycles. The topological polar surface area (TPSA) is 160 Å². The highest BCUT2D eigenvalue weighted by atomic mass is 16.7. The summed E-state index contributed by atoms with van der Waals surface area (Å²) in [6, 6.07) is 0. The molecule has 0 aromatic carbocycles. The van der Waals surface area contributed by atoms with Gasteiger partial charge in [0.05, 0.1) is 13.2 Å². The minimum Gasteiger partial charge on any atom is -0.504 e. The summed E-state index contributed by atoms with van der Waals surface area (Å²) in [6.45, 7) is -1.40. The summed E-state index contributed by atoms with van der Waals surface area (Å²) < 4.78 is 10.2. The van der Waals surface area contributed by atoms with Gasteiger partial charge in [0.15, 0.2) is 6.10 Å². The summed E-state index contributed by atoms with van der Waals surface area (Å²) in [5, 5.41) is 65.3. The van der Waals surface area contributed by atoms with Crippen LogP contribution in [0.25, 0.3) is 0 Å². The van der Waals surface area contributed by atoms with E-state index in [0.717, 1.165) is 0 Å². The van der Waals surface area contributed by atoms with Gasteiger partial charge in [0.25, 0.3) is 0 Å². The number of ether oxygens (including phenoxy) is 2. The molecule has 0 radical (unpaired) electrons. The molecule has 0 saturated carbocycles. The lowest BCUT2D eigenvalue weighted by atomic mass is 10.0. The summed E-state index contributed by atoms with van der Waals surface area (Å²) in [5.41, 5.74) is 0. The fourth-order valence-corrected chi connectivity index (χ4v) is 1.86. The second-order valence-corrected chi connectivity index (χ2v) is 4.72. The van der Waals surface area contributed by atoms with E-state index in [-0.39, 0.29) is 19.4 Å². The van der Waals surface area contributed by atoms with Crippen LogP contribution in [-0.4, -0.2) is 86.1 Å². The van der Waals surface area contributed by atoms with Crippen LogP contribution in [0.4, 0.5) is 0 Å². The maximum Gasteiger partial charge on any atom is 0.322 e. The highest BCUT2D eigenvalue weighted by molar-refractivity contribution is 5.09. The van der Waals surface area contributed by atoms with Crippen molar-refractivity contribution in [2.45, 2.75) is 43.4 Å². The Bertz CT molecular complexity index is 346. The summed E-state index contributed by atoms with van der Waals surface area (Å²) in [4.78, 5) is 0. The Kier molecular flexibility index (Phi) is 7.15. The first-order chi connectivity index (χ1) is 9.96. The highest BCUT2D eigenvalue weighted by Crippen LogP contribution is 2.26. The third-order valence-electron chi connectivity index (χ3n) is 3.15. The van der Waals surface area contributed by atoms with Gasteiger partial charge in [-0.2, -0.15) is 0 Å².